The molecule has 0 radical (unpaired) electrons. The standard InChI is InChI=1S/C18H15Cl2N3O2/c1-11-2-3-13(20)10-16(11)21-18(25)15-8-9-17(24)23(22-15)14-6-4-12(19)5-7-14/h2-8,10,22H,9H2,1H3,(H,21,25). The molecule has 0 saturated heterocycles. The number of carbonyl (C=O) groups excluding carboxylic acids is 2. The van der Waals surface area contributed by atoms with Crippen LogP contribution in [0.1, 0.15) is 12.0 Å². The van der Waals surface area contributed by atoms with Crippen LogP contribution in [0.5, 0.6) is 0 Å². The van der Waals surface area contributed by atoms with Crippen LogP contribution in [0.25, 0.3) is 0 Å². The van der Waals surface area contributed by atoms with Gasteiger partial charge in [-0.05, 0) is 55.0 Å². The lowest BCUT2D eigenvalue weighted by molar-refractivity contribution is -0.119. The van der Waals surface area contributed by atoms with Crippen molar-refractivity contribution in [1.29, 1.82) is 0 Å². The first kappa shape index (κ1) is 17.3. The highest BCUT2D eigenvalue weighted by Gasteiger charge is 2.24. The quantitative estimate of drug-likeness (QED) is 0.849. The van der Waals surface area contributed by atoms with E-state index in [9.17, 15) is 9.59 Å². The van der Waals surface area contributed by atoms with Crippen LogP contribution >= 0.6 is 23.2 Å². The monoisotopic (exact) mass is 375 g/mol. The predicted molar refractivity (Wildman–Crippen MR) is 99.6 cm³/mol. The van der Waals surface area contributed by atoms with Crippen molar-refractivity contribution in [2.45, 2.75) is 13.3 Å². The van der Waals surface area contributed by atoms with Gasteiger partial charge in [-0.15, -0.1) is 0 Å². The molecule has 2 N–H and O–H groups in total. The third-order valence-corrected chi connectivity index (χ3v) is 4.23. The minimum atomic E-state index is -0.350. The molecule has 0 spiro atoms. The number of rotatable bonds is 3. The van der Waals surface area contributed by atoms with Crippen molar-refractivity contribution in [2.75, 3.05) is 10.3 Å². The van der Waals surface area contributed by atoms with Crippen LogP contribution in [0.3, 0.4) is 0 Å². The summed E-state index contributed by atoms with van der Waals surface area (Å²) < 4.78 is 0. The summed E-state index contributed by atoms with van der Waals surface area (Å²) in [5.74, 6) is -0.519. The van der Waals surface area contributed by atoms with E-state index in [2.05, 4.69) is 10.7 Å². The van der Waals surface area contributed by atoms with Crippen LogP contribution in [0.15, 0.2) is 54.2 Å². The molecule has 1 aliphatic heterocycles. The van der Waals surface area contributed by atoms with Crippen LogP contribution in [0, 0.1) is 6.92 Å². The SMILES string of the molecule is Cc1ccc(Cl)cc1NC(=O)C1=CCC(=O)N(c2ccc(Cl)cc2)N1. The van der Waals surface area contributed by atoms with Crippen LogP contribution in [0.4, 0.5) is 11.4 Å². The smallest absolute Gasteiger partial charge is 0.273 e. The Hall–Kier alpha value is -2.50. The maximum atomic E-state index is 12.5. The highest BCUT2D eigenvalue weighted by atomic mass is 35.5. The molecule has 0 fully saturated rings. The fourth-order valence-corrected chi connectivity index (χ4v) is 2.67. The molecule has 2 aromatic carbocycles. The van der Waals surface area contributed by atoms with Gasteiger partial charge in [0.1, 0.15) is 5.70 Å². The maximum absolute atomic E-state index is 12.5. The molecule has 0 saturated carbocycles. The van der Waals surface area contributed by atoms with Gasteiger partial charge in [0.05, 0.1) is 5.69 Å². The number of hydrogen-bond acceptors (Lipinski definition) is 3. The molecule has 3 rings (SSSR count). The molecule has 0 aliphatic carbocycles. The molecular formula is C18H15Cl2N3O2. The van der Waals surface area contributed by atoms with Gasteiger partial charge < -0.3 is 5.32 Å². The van der Waals surface area contributed by atoms with Crippen molar-refractivity contribution in [3.8, 4) is 0 Å². The first-order chi connectivity index (χ1) is 11.9. The Balaban J connectivity index is 1.78. The largest absolute Gasteiger partial charge is 0.320 e. The van der Waals surface area contributed by atoms with Crippen molar-refractivity contribution < 1.29 is 9.59 Å². The molecule has 7 heteroatoms. The van der Waals surface area contributed by atoms with Gasteiger partial charge in [-0.25, -0.2) is 5.01 Å². The van der Waals surface area contributed by atoms with E-state index in [1.54, 1.807) is 42.5 Å². The molecule has 5 nitrogen and oxygen atoms in total. The number of hydrogen-bond donors (Lipinski definition) is 2. The van der Waals surface area contributed by atoms with E-state index in [1.165, 1.54) is 5.01 Å². The third-order valence-electron chi connectivity index (χ3n) is 3.74. The van der Waals surface area contributed by atoms with E-state index in [0.717, 1.165) is 5.56 Å². The van der Waals surface area contributed by atoms with E-state index in [4.69, 9.17) is 23.2 Å². The van der Waals surface area contributed by atoms with Gasteiger partial charge in [0.15, 0.2) is 0 Å². The average molecular weight is 376 g/mol. The first-order valence-corrected chi connectivity index (χ1v) is 8.32. The minimum absolute atomic E-state index is 0.118. The zero-order chi connectivity index (χ0) is 18.0. The molecule has 1 aliphatic rings. The summed E-state index contributed by atoms with van der Waals surface area (Å²) in [4.78, 5) is 24.7. The van der Waals surface area contributed by atoms with Gasteiger partial charge in [0.2, 0.25) is 5.91 Å². The number of nitrogens with one attached hydrogen (secondary N) is 2. The van der Waals surface area contributed by atoms with Gasteiger partial charge >= 0.3 is 0 Å². The zero-order valence-corrected chi connectivity index (χ0v) is 14.9. The molecule has 2 aromatic rings. The van der Waals surface area contributed by atoms with Crippen LogP contribution < -0.4 is 15.8 Å². The van der Waals surface area contributed by atoms with Gasteiger partial charge in [-0.3, -0.25) is 15.0 Å². The third kappa shape index (κ3) is 3.95. The molecule has 2 amide bonds. The first-order valence-electron chi connectivity index (χ1n) is 7.57. The number of aryl methyl sites for hydroxylation is 1. The van der Waals surface area contributed by atoms with Gasteiger partial charge in [-0.2, -0.15) is 0 Å². The molecule has 128 valence electrons. The van der Waals surface area contributed by atoms with Crippen molar-refractivity contribution in [1.82, 2.24) is 5.43 Å². The van der Waals surface area contributed by atoms with Crippen LogP contribution in [-0.2, 0) is 9.59 Å². The normalized spacial score (nSPS) is 14.0. The van der Waals surface area contributed by atoms with Gasteiger partial charge in [-0.1, -0.05) is 29.3 Å². The molecule has 0 bridgehead atoms. The summed E-state index contributed by atoms with van der Waals surface area (Å²) in [5, 5.41) is 5.23. The van der Waals surface area contributed by atoms with E-state index < -0.39 is 0 Å². The molecule has 25 heavy (non-hydrogen) atoms. The Morgan fingerprint density at radius 3 is 2.52 bits per heavy atom. The number of halogens is 2. The number of benzene rings is 2. The number of carbonyl (C=O) groups is 2. The minimum Gasteiger partial charge on any atom is -0.320 e. The highest BCUT2D eigenvalue weighted by molar-refractivity contribution is 6.31. The average Bonchev–Trinajstić information content (AvgIpc) is 2.59. The Kier molecular flexibility index (Phi) is 4.97. The van der Waals surface area contributed by atoms with Crippen molar-refractivity contribution in [3.63, 3.8) is 0 Å². The lowest BCUT2D eigenvalue weighted by Crippen LogP contribution is -2.47. The fourth-order valence-electron chi connectivity index (χ4n) is 2.37. The summed E-state index contributed by atoms with van der Waals surface area (Å²) >= 11 is 11.8. The van der Waals surface area contributed by atoms with Crippen LogP contribution in [0.2, 0.25) is 10.0 Å². The van der Waals surface area contributed by atoms with E-state index in [-0.39, 0.29) is 23.9 Å². The second-order valence-corrected chi connectivity index (χ2v) is 6.43. The Morgan fingerprint density at radius 2 is 1.80 bits per heavy atom. The number of amides is 2. The summed E-state index contributed by atoms with van der Waals surface area (Å²) in [6.45, 7) is 1.87. The highest BCUT2D eigenvalue weighted by Crippen LogP contribution is 2.23. The number of nitrogens with zero attached hydrogens (tertiary/aromatic N) is 1. The second kappa shape index (κ2) is 7.17. The van der Waals surface area contributed by atoms with Gasteiger partial charge in [0, 0.05) is 22.2 Å². The Labute approximate surface area is 155 Å². The molecule has 0 unspecified atom stereocenters. The lowest BCUT2D eigenvalue weighted by atomic mass is 10.2. The van der Waals surface area contributed by atoms with Gasteiger partial charge in [0.25, 0.3) is 5.91 Å². The van der Waals surface area contributed by atoms with Crippen molar-refractivity contribution in [2.24, 2.45) is 0 Å². The zero-order valence-electron chi connectivity index (χ0n) is 13.3. The second-order valence-electron chi connectivity index (χ2n) is 5.55. The summed E-state index contributed by atoms with van der Waals surface area (Å²) in [5.41, 5.74) is 5.25. The number of hydrazine groups is 1. The summed E-state index contributed by atoms with van der Waals surface area (Å²) in [6.07, 6.45) is 1.68. The Morgan fingerprint density at radius 1 is 1.12 bits per heavy atom. The van der Waals surface area contributed by atoms with E-state index >= 15 is 0 Å². The maximum Gasteiger partial charge on any atom is 0.273 e. The molecule has 0 aromatic heterocycles. The molecule has 0 atom stereocenters. The topological polar surface area (TPSA) is 61.4 Å². The molecular weight excluding hydrogens is 361 g/mol. The van der Waals surface area contributed by atoms with Crippen molar-refractivity contribution >= 4 is 46.4 Å². The Bertz CT molecular complexity index is 863. The predicted octanol–water partition coefficient (Wildman–Crippen LogP) is 4.07. The van der Waals surface area contributed by atoms with Crippen molar-refractivity contribution in [3.05, 3.63) is 69.8 Å². The van der Waals surface area contributed by atoms with Crippen LogP contribution in [-0.4, -0.2) is 11.8 Å². The fraction of sp³-hybridized carbons (Fsp3) is 0.111. The van der Waals surface area contributed by atoms with E-state index in [1.807, 2.05) is 13.0 Å². The summed E-state index contributed by atoms with van der Waals surface area (Å²) in [6, 6.07) is 12.0. The lowest BCUT2D eigenvalue weighted by Gasteiger charge is -2.28. The summed E-state index contributed by atoms with van der Waals surface area (Å²) in [7, 11) is 0. The number of anilines is 2. The van der Waals surface area contributed by atoms with E-state index in [0.29, 0.717) is 21.4 Å². The molecule has 1 heterocycles.